The van der Waals surface area contributed by atoms with Crippen molar-refractivity contribution in [2.24, 2.45) is 4.99 Å². The summed E-state index contributed by atoms with van der Waals surface area (Å²) in [5.41, 5.74) is -0.167. The van der Waals surface area contributed by atoms with E-state index in [0.29, 0.717) is 30.5 Å². The van der Waals surface area contributed by atoms with E-state index in [4.69, 9.17) is 4.74 Å². The maximum atomic E-state index is 12.6. The third-order valence-corrected chi connectivity index (χ3v) is 4.44. The molecule has 2 aromatic rings. The van der Waals surface area contributed by atoms with Gasteiger partial charge in [0.2, 0.25) is 0 Å². The molecule has 0 aliphatic heterocycles. The summed E-state index contributed by atoms with van der Waals surface area (Å²) in [6.45, 7) is 6.88. The highest BCUT2D eigenvalue weighted by molar-refractivity contribution is 14.0. The van der Waals surface area contributed by atoms with Crippen LogP contribution >= 0.6 is 35.3 Å². The van der Waals surface area contributed by atoms with Gasteiger partial charge >= 0.3 is 6.18 Å². The number of nitrogens with one attached hydrogen (secondary N) is 2. The summed E-state index contributed by atoms with van der Waals surface area (Å²) in [5, 5.41) is 7.74. The van der Waals surface area contributed by atoms with Gasteiger partial charge in [0.05, 0.1) is 5.01 Å². The Labute approximate surface area is 190 Å². The Bertz CT molecular complexity index is 803. The molecule has 29 heavy (non-hydrogen) atoms. The number of aromatic nitrogens is 1. The van der Waals surface area contributed by atoms with Crippen molar-refractivity contribution in [3.63, 3.8) is 0 Å². The molecule has 0 fully saturated rings. The van der Waals surface area contributed by atoms with Gasteiger partial charge in [-0.3, -0.25) is 4.99 Å². The second-order valence-electron chi connectivity index (χ2n) is 7.05. The van der Waals surface area contributed by atoms with Crippen molar-refractivity contribution in [1.29, 1.82) is 0 Å². The fourth-order valence-electron chi connectivity index (χ4n) is 2.32. The minimum absolute atomic E-state index is 0. The number of benzene rings is 1. The lowest BCUT2D eigenvalue weighted by Gasteiger charge is -2.23. The van der Waals surface area contributed by atoms with Gasteiger partial charge in [0.1, 0.15) is 11.4 Å². The molecule has 0 radical (unpaired) electrons. The third-order valence-electron chi connectivity index (χ3n) is 3.53. The zero-order chi connectivity index (χ0) is 20.8. The number of thiazole rings is 1. The number of nitrogens with zero attached hydrogens (tertiary/aromatic N) is 2. The van der Waals surface area contributed by atoms with Gasteiger partial charge < -0.3 is 15.4 Å². The largest absolute Gasteiger partial charge is 0.488 e. The van der Waals surface area contributed by atoms with E-state index in [1.54, 1.807) is 7.05 Å². The summed E-state index contributed by atoms with van der Waals surface area (Å²) in [6.07, 6.45) is -4.02. The lowest BCUT2D eigenvalue weighted by molar-refractivity contribution is -0.140. The summed E-state index contributed by atoms with van der Waals surface area (Å²) >= 11 is 1.01. The predicted molar refractivity (Wildman–Crippen MR) is 121 cm³/mol. The second kappa shape index (κ2) is 11.0. The Kier molecular flexibility index (Phi) is 9.66. The molecular formula is C19H26F3IN4OS. The van der Waals surface area contributed by atoms with Gasteiger partial charge in [-0.2, -0.15) is 13.2 Å². The first-order chi connectivity index (χ1) is 13.1. The zero-order valence-electron chi connectivity index (χ0n) is 16.8. The van der Waals surface area contributed by atoms with Gasteiger partial charge in [-0.25, -0.2) is 4.98 Å². The molecule has 0 spiro atoms. The number of aliphatic imine (C=N–C) groups is 1. The number of rotatable bonds is 6. The van der Waals surface area contributed by atoms with Crippen LogP contribution in [0.1, 0.15) is 37.0 Å². The molecule has 0 aliphatic carbocycles. The van der Waals surface area contributed by atoms with Crippen LogP contribution in [-0.4, -0.2) is 30.1 Å². The van der Waals surface area contributed by atoms with Gasteiger partial charge in [0.15, 0.2) is 11.7 Å². The van der Waals surface area contributed by atoms with Gasteiger partial charge in [0, 0.05) is 37.5 Å². The zero-order valence-corrected chi connectivity index (χ0v) is 19.9. The molecule has 2 rings (SSSR count). The van der Waals surface area contributed by atoms with E-state index in [9.17, 15) is 13.2 Å². The molecule has 1 heterocycles. The topological polar surface area (TPSA) is 58.5 Å². The van der Waals surface area contributed by atoms with E-state index < -0.39 is 11.9 Å². The smallest absolute Gasteiger partial charge is 0.434 e. The van der Waals surface area contributed by atoms with Crippen LogP contribution in [0.3, 0.4) is 0 Å². The van der Waals surface area contributed by atoms with Crippen molar-refractivity contribution in [1.82, 2.24) is 15.6 Å². The summed E-state index contributed by atoms with van der Waals surface area (Å²) in [6, 6.07) is 7.74. The summed E-state index contributed by atoms with van der Waals surface area (Å²) in [7, 11) is 1.64. The Morgan fingerprint density at radius 1 is 1.17 bits per heavy atom. The third kappa shape index (κ3) is 8.77. The molecule has 0 saturated carbocycles. The highest BCUT2D eigenvalue weighted by Gasteiger charge is 2.33. The average molecular weight is 542 g/mol. The molecule has 0 saturated heterocycles. The minimum Gasteiger partial charge on any atom is -0.488 e. The van der Waals surface area contributed by atoms with Crippen LogP contribution in [-0.2, 0) is 19.1 Å². The van der Waals surface area contributed by atoms with E-state index >= 15 is 0 Å². The molecule has 5 nitrogen and oxygen atoms in total. The van der Waals surface area contributed by atoms with Gasteiger partial charge in [-0.15, -0.1) is 35.3 Å². The number of ether oxygens (including phenoxy) is 1. The molecule has 0 aliphatic rings. The second-order valence-corrected chi connectivity index (χ2v) is 7.99. The number of halogens is 4. The Morgan fingerprint density at radius 3 is 2.45 bits per heavy atom. The monoisotopic (exact) mass is 542 g/mol. The van der Waals surface area contributed by atoms with E-state index in [-0.39, 0.29) is 29.6 Å². The Morgan fingerprint density at radius 2 is 1.86 bits per heavy atom. The van der Waals surface area contributed by atoms with Crippen LogP contribution in [0.5, 0.6) is 5.75 Å². The molecule has 0 atom stereocenters. The van der Waals surface area contributed by atoms with Crippen molar-refractivity contribution in [3.8, 4) is 5.75 Å². The van der Waals surface area contributed by atoms with E-state index in [1.165, 1.54) is 0 Å². The van der Waals surface area contributed by atoms with E-state index in [1.807, 2.05) is 45.0 Å². The van der Waals surface area contributed by atoms with Crippen LogP contribution in [0, 0.1) is 0 Å². The minimum atomic E-state index is -4.40. The SMILES string of the molecule is CN=C(NCCc1nc(C(F)(F)F)cs1)NCc1ccccc1OC(C)(C)C.I. The van der Waals surface area contributed by atoms with Crippen molar-refractivity contribution < 1.29 is 17.9 Å². The van der Waals surface area contributed by atoms with Crippen molar-refractivity contribution in [2.45, 2.75) is 45.5 Å². The number of hydrogen-bond acceptors (Lipinski definition) is 4. The molecule has 0 bridgehead atoms. The first kappa shape index (κ1) is 25.5. The van der Waals surface area contributed by atoms with Crippen LogP contribution in [0.25, 0.3) is 0 Å². The van der Waals surface area contributed by atoms with Crippen LogP contribution < -0.4 is 15.4 Å². The van der Waals surface area contributed by atoms with E-state index in [2.05, 4.69) is 20.6 Å². The maximum Gasteiger partial charge on any atom is 0.434 e. The van der Waals surface area contributed by atoms with Crippen LogP contribution in [0.2, 0.25) is 0 Å². The quantitative estimate of drug-likeness (QED) is 0.311. The van der Waals surface area contributed by atoms with Gasteiger partial charge in [0.25, 0.3) is 0 Å². The standard InChI is InChI=1S/C19H25F3N4OS.HI/c1-18(2,3)27-14-8-6-5-7-13(14)11-25-17(23-4)24-10-9-16-26-15(12-28-16)19(20,21)22;/h5-8,12H,9-11H2,1-4H3,(H2,23,24,25);1H. The number of alkyl halides is 3. The highest BCUT2D eigenvalue weighted by atomic mass is 127. The van der Waals surface area contributed by atoms with Gasteiger partial charge in [-0.05, 0) is 26.8 Å². The Hall–Kier alpha value is -1.56. The van der Waals surface area contributed by atoms with Crippen molar-refractivity contribution in [2.75, 3.05) is 13.6 Å². The number of guanidine groups is 1. The van der Waals surface area contributed by atoms with Crippen molar-refractivity contribution in [3.05, 3.63) is 45.9 Å². The molecule has 1 aromatic carbocycles. The van der Waals surface area contributed by atoms with Crippen LogP contribution in [0.15, 0.2) is 34.6 Å². The van der Waals surface area contributed by atoms with Crippen molar-refractivity contribution >= 4 is 41.3 Å². The summed E-state index contributed by atoms with van der Waals surface area (Å²) in [5.74, 6) is 1.35. The normalized spacial score (nSPS) is 12.3. The number of para-hydroxylation sites is 1. The lowest BCUT2D eigenvalue weighted by atomic mass is 10.1. The maximum absolute atomic E-state index is 12.6. The summed E-state index contributed by atoms with van der Waals surface area (Å²) < 4.78 is 43.7. The molecular weight excluding hydrogens is 516 g/mol. The highest BCUT2D eigenvalue weighted by Crippen LogP contribution is 2.30. The molecule has 10 heteroatoms. The number of hydrogen-bond donors (Lipinski definition) is 2. The van der Waals surface area contributed by atoms with Crippen LogP contribution in [0.4, 0.5) is 13.2 Å². The Balaban J connectivity index is 0.00000420. The molecule has 2 N–H and O–H groups in total. The van der Waals surface area contributed by atoms with E-state index in [0.717, 1.165) is 28.0 Å². The predicted octanol–water partition coefficient (Wildman–Crippen LogP) is 4.86. The summed E-state index contributed by atoms with van der Waals surface area (Å²) in [4.78, 5) is 7.76. The molecule has 0 amide bonds. The van der Waals surface area contributed by atoms with Gasteiger partial charge in [-0.1, -0.05) is 18.2 Å². The first-order valence-corrected chi connectivity index (χ1v) is 9.69. The molecule has 0 unspecified atom stereocenters. The molecule has 162 valence electrons. The molecule has 1 aromatic heterocycles. The first-order valence-electron chi connectivity index (χ1n) is 8.81. The fraction of sp³-hybridized carbons (Fsp3) is 0.474. The fourth-order valence-corrected chi connectivity index (χ4v) is 3.13. The average Bonchev–Trinajstić information content (AvgIpc) is 3.07. The lowest BCUT2D eigenvalue weighted by Crippen LogP contribution is -2.38.